The number of aliphatic hydroxyl groups is 2. The SMILES string of the molecule is C=C(C)CCC(O)CC.C=C1COC(CCCO)C1.CC.CC. The Labute approximate surface area is 145 Å². The molecule has 3 heteroatoms. The lowest BCUT2D eigenvalue weighted by molar-refractivity contribution is 0.0990. The number of rotatable bonds is 7. The summed E-state index contributed by atoms with van der Waals surface area (Å²) in [7, 11) is 0. The van der Waals surface area contributed by atoms with Crippen molar-refractivity contribution in [2.75, 3.05) is 13.2 Å². The van der Waals surface area contributed by atoms with Gasteiger partial charge in [-0.1, -0.05) is 46.8 Å². The highest BCUT2D eigenvalue weighted by molar-refractivity contribution is 5.01. The van der Waals surface area contributed by atoms with E-state index >= 15 is 0 Å². The molecule has 0 spiro atoms. The molecule has 0 bridgehead atoms. The minimum absolute atomic E-state index is 0.123. The summed E-state index contributed by atoms with van der Waals surface area (Å²) < 4.78 is 5.36. The van der Waals surface area contributed by atoms with Crippen molar-refractivity contribution in [3.05, 3.63) is 24.3 Å². The molecule has 0 aromatic carbocycles. The Kier molecular flexibility index (Phi) is 25.3. The predicted molar refractivity (Wildman–Crippen MR) is 103 cm³/mol. The predicted octanol–water partition coefficient (Wildman–Crippen LogP) is 5.27. The Morgan fingerprint density at radius 3 is 2.22 bits per heavy atom. The molecule has 0 saturated carbocycles. The molecule has 0 amide bonds. The van der Waals surface area contributed by atoms with Crippen LogP contribution in [0.2, 0.25) is 0 Å². The summed E-state index contributed by atoms with van der Waals surface area (Å²) in [5, 5.41) is 17.6. The van der Waals surface area contributed by atoms with Gasteiger partial charge in [-0.2, -0.15) is 0 Å². The van der Waals surface area contributed by atoms with Gasteiger partial charge in [-0.05, 0) is 51.0 Å². The zero-order valence-corrected chi connectivity index (χ0v) is 16.5. The van der Waals surface area contributed by atoms with Crippen LogP contribution < -0.4 is 0 Å². The summed E-state index contributed by atoms with van der Waals surface area (Å²) in [6.07, 6.45) is 5.68. The lowest BCUT2D eigenvalue weighted by Crippen LogP contribution is -2.04. The van der Waals surface area contributed by atoms with Gasteiger partial charge >= 0.3 is 0 Å². The third-order valence-electron chi connectivity index (χ3n) is 3.10. The highest BCUT2D eigenvalue weighted by Gasteiger charge is 2.17. The average molecular weight is 331 g/mol. The molecule has 3 nitrogen and oxygen atoms in total. The van der Waals surface area contributed by atoms with E-state index in [9.17, 15) is 0 Å². The van der Waals surface area contributed by atoms with Crippen LogP contribution in [-0.4, -0.2) is 35.6 Å². The largest absolute Gasteiger partial charge is 0.396 e. The van der Waals surface area contributed by atoms with Crippen molar-refractivity contribution in [1.82, 2.24) is 0 Å². The first-order valence-corrected chi connectivity index (χ1v) is 9.21. The van der Waals surface area contributed by atoms with E-state index in [1.807, 2.05) is 41.5 Å². The normalized spacial score (nSPS) is 16.9. The molecule has 0 aromatic rings. The Bertz CT molecular complexity index is 262. The Balaban J connectivity index is -0.000000287. The zero-order chi connectivity index (χ0) is 18.7. The molecule has 140 valence electrons. The molecular formula is C20H42O3. The van der Waals surface area contributed by atoms with E-state index in [0.29, 0.717) is 6.10 Å². The van der Waals surface area contributed by atoms with Crippen molar-refractivity contribution >= 4 is 0 Å². The number of hydrogen-bond donors (Lipinski definition) is 2. The minimum Gasteiger partial charge on any atom is -0.396 e. The van der Waals surface area contributed by atoms with Crippen LogP contribution in [0.25, 0.3) is 0 Å². The third-order valence-corrected chi connectivity index (χ3v) is 3.10. The second kappa shape index (κ2) is 21.4. The maximum atomic E-state index is 9.07. The fourth-order valence-corrected chi connectivity index (χ4v) is 1.80. The highest BCUT2D eigenvalue weighted by atomic mass is 16.5. The average Bonchev–Trinajstić information content (AvgIpc) is 3.00. The smallest absolute Gasteiger partial charge is 0.0679 e. The molecule has 1 aliphatic heterocycles. The summed E-state index contributed by atoms with van der Waals surface area (Å²) in [5.41, 5.74) is 2.34. The number of aliphatic hydroxyl groups excluding tert-OH is 2. The van der Waals surface area contributed by atoms with Crippen LogP contribution in [0.3, 0.4) is 0 Å². The summed E-state index contributed by atoms with van der Waals surface area (Å²) >= 11 is 0. The van der Waals surface area contributed by atoms with E-state index in [-0.39, 0.29) is 12.7 Å². The molecule has 1 heterocycles. The molecule has 1 rings (SSSR count). The second-order valence-corrected chi connectivity index (χ2v) is 5.31. The maximum Gasteiger partial charge on any atom is 0.0679 e. The summed E-state index contributed by atoms with van der Waals surface area (Å²) in [6, 6.07) is 0. The van der Waals surface area contributed by atoms with Gasteiger partial charge in [0.15, 0.2) is 0 Å². The lowest BCUT2D eigenvalue weighted by atomic mass is 10.1. The second-order valence-electron chi connectivity index (χ2n) is 5.31. The number of ether oxygens (including phenoxy) is 1. The van der Waals surface area contributed by atoms with E-state index < -0.39 is 0 Å². The highest BCUT2D eigenvalue weighted by Crippen LogP contribution is 2.20. The van der Waals surface area contributed by atoms with Crippen LogP contribution in [0, 0.1) is 0 Å². The van der Waals surface area contributed by atoms with Crippen molar-refractivity contribution in [2.24, 2.45) is 0 Å². The Hall–Kier alpha value is -0.640. The molecule has 0 aliphatic carbocycles. The molecule has 1 saturated heterocycles. The van der Waals surface area contributed by atoms with Gasteiger partial charge < -0.3 is 14.9 Å². The van der Waals surface area contributed by atoms with Gasteiger partial charge in [-0.15, -0.1) is 6.58 Å². The fourth-order valence-electron chi connectivity index (χ4n) is 1.80. The van der Waals surface area contributed by atoms with Gasteiger partial charge in [0.1, 0.15) is 0 Å². The van der Waals surface area contributed by atoms with Crippen LogP contribution in [0.5, 0.6) is 0 Å². The quantitative estimate of drug-likeness (QED) is 0.625. The van der Waals surface area contributed by atoms with E-state index in [1.54, 1.807) is 0 Å². The van der Waals surface area contributed by atoms with Crippen molar-refractivity contribution in [2.45, 2.75) is 92.3 Å². The zero-order valence-electron chi connectivity index (χ0n) is 16.5. The van der Waals surface area contributed by atoms with E-state index in [1.165, 1.54) is 5.57 Å². The van der Waals surface area contributed by atoms with Crippen LogP contribution in [0.4, 0.5) is 0 Å². The van der Waals surface area contributed by atoms with Crippen LogP contribution in [0.15, 0.2) is 24.3 Å². The molecule has 2 atom stereocenters. The van der Waals surface area contributed by atoms with E-state index in [0.717, 1.165) is 50.7 Å². The van der Waals surface area contributed by atoms with E-state index in [4.69, 9.17) is 14.9 Å². The van der Waals surface area contributed by atoms with Gasteiger partial charge in [-0.3, -0.25) is 0 Å². The maximum absolute atomic E-state index is 9.07. The van der Waals surface area contributed by atoms with Crippen LogP contribution in [-0.2, 0) is 4.74 Å². The van der Waals surface area contributed by atoms with Gasteiger partial charge in [0.2, 0.25) is 0 Å². The van der Waals surface area contributed by atoms with Crippen molar-refractivity contribution in [3.8, 4) is 0 Å². The molecule has 23 heavy (non-hydrogen) atoms. The molecule has 0 radical (unpaired) electrons. The minimum atomic E-state index is -0.123. The Morgan fingerprint density at radius 2 is 1.87 bits per heavy atom. The monoisotopic (exact) mass is 330 g/mol. The van der Waals surface area contributed by atoms with Crippen LogP contribution in [0.1, 0.15) is 80.1 Å². The van der Waals surface area contributed by atoms with Gasteiger partial charge in [-0.25, -0.2) is 0 Å². The summed E-state index contributed by atoms with van der Waals surface area (Å²) in [4.78, 5) is 0. The summed E-state index contributed by atoms with van der Waals surface area (Å²) in [6.45, 7) is 20.5. The molecule has 1 aliphatic rings. The van der Waals surface area contributed by atoms with Crippen LogP contribution >= 0.6 is 0 Å². The topological polar surface area (TPSA) is 49.7 Å². The first kappa shape index (κ1) is 27.2. The van der Waals surface area contributed by atoms with Gasteiger partial charge in [0.05, 0.1) is 18.8 Å². The number of allylic oxidation sites excluding steroid dienone is 1. The lowest BCUT2D eigenvalue weighted by Gasteiger charge is -2.05. The van der Waals surface area contributed by atoms with Crippen molar-refractivity contribution in [3.63, 3.8) is 0 Å². The molecule has 0 aromatic heterocycles. The first-order valence-electron chi connectivity index (χ1n) is 9.21. The van der Waals surface area contributed by atoms with E-state index in [2.05, 4.69) is 13.2 Å². The molecule has 2 unspecified atom stereocenters. The van der Waals surface area contributed by atoms with Gasteiger partial charge in [0.25, 0.3) is 0 Å². The van der Waals surface area contributed by atoms with Gasteiger partial charge in [0, 0.05) is 6.61 Å². The number of hydrogen-bond acceptors (Lipinski definition) is 3. The fraction of sp³-hybridized carbons (Fsp3) is 0.800. The third kappa shape index (κ3) is 21.4. The standard InChI is InChI=1S/C8H14O2.C8H16O.2C2H6/c1-7-5-8(10-6-7)3-2-4-9;1-4-8(9)6-5-7(2)3;2*1-2/h8-9H,1-6H2;8-9H,2,4-6H2,1,3H3;2*1-2H3. The molecular weight excluding hydrogens is 288 g/mol. The molecule has 2 N–H and O–H groups in total. The van der Waals surface area contributed by atoms with Crippen molar-refractivity contribution < 1.29 is 14.9 Å². The van der Waals surface area contributed by atoms with Crippen molar-refractivity contribution in [1.29, 1.82) is 0 Å². The summed E-state index contributed by atoms with van der Waals surface area (Å²) in [5.74, 6) is 0. The first-order chi connectivity index (χ1) is 11.0. The molecule has 1 fully saturated rings. The Morgan fingerprint density at radius 1 is 1.30 bits per heavy atom.